The van der Waals surface area contributed by atoms with E-state index >= 15 is 0 Å². The number of nitrogens with one attached hydrogen (secondary N) is 2. The van der Waals surface area contributed by atoms with Crippen molar-refractivity contribution in [3.05, 3.63) is 107 Å². The minimum Gasteiger partial charge on any atom is -0.393 e. The van der Waals surface area contributed by atoms with Crippen LogP contribution in [-0.2, 0) is 7.05 Å². The van der Waals surface area contributed by atoms with Gasteiger partial charge in [0.25, 0.3) is 5.91 Å². The molecular weight excluding hydrogens is 488 g/mol. The largest absolute Gasteiger partial charge is 0.393 e. The lowest BCUT2D eigenvalue weighted by atomic mass is 10.0. The zero-order valence-electron chi connectivity index (χ0n) is 22.6. The van der Waals surface area contributed by atoms with Crippen LogP contribution in [0.5, 0.6) is 0 Å². The number of carbonyl (C=O) groups excluding carboxylic acids is 2. The number of aryl methyl sites for hydroxylation is 1. The van der Waals surface area contributed by atoms with Crippen molar-refractivity contribution in [1.29, 1.82) is 0 Å². The molecule has 3 N–H and O–H groups in total. The van der Waals surface area contributed by atoms with Gasteiger partial charge in [0.2, 0.25) is 0 Å². The Kier molecular flexibility index (Phi) is 7.52. The van der Waals surface area contributed by atoms with E-state index in [1.54, 1.807) is 24.3 Å². The fourth-order valence-corrected chi connectivity index (χ4v) is 4.91. The van der Waals surface area contributed by atoms with Crippen LogP contribution < -0.4 is 15.5 Å². The molecule has 0 unspecified atom stereocenters. The number of hydrogen-bond acceptors (Lipinski definition) is 5. The number of benzene rings is 3. The number of amides is 1. The summed E-state index contributed by atoms with van der Waals surface area (Å²) in [5.41, 5.74) is 7.38. The average Bonchev–Trinajstić information content (AvgIpc) is 3.22. The number of anilines is 4. The molecule has 0 bridgehead atoms. The molecule has 1 amide bonds. The number of aliphatic hydroxyl groups excluding tert-OH is 1. The summed E-state index contributed by atoms with van der Waals surface area (Å²) in [6.45, 7) is 5.62. The summed E-state index contributed by atoms with van der Waals surface area (Å²) in [7, 11) is 1.94. The Hall–Kier alpha value is -4.36. The molecule has 2 heterocycles. The number of nitrogens with zero attached hydrogens (tertiary/aromatic N) is 2. The topological polar surface area (TPSA) is 86.6 Å². The van der Waals surface area contributed by atoms with Crippen LogP contribution in [0.1, 0.15) is 50.5 Å². The van der Waals surface area contributed by atoms with E-state index < -0.39 is 0 Å². The normalized spacial score (nSPS) is 13.8. The van der Waals surface area contributed by atoms with Gasteiger partial charge in [-0.25, -0.2) is 0 Å². The minimum atomic E-state index is -0.183. The van der Waals surface area contributed by atoms with Crippen molar-refractivity contribution in [3.63, 3.8) is 0 Å². The molecule has 39 heavy (non-hydrogen) atoms. The molecule has 1 aliphatic rings. The molecule has 1 aromatic heterocycles. The zero-order valence-corrected chi connectivity index (χ0v) is 22.6. The van der Waals surface area contributed by atoms with Crippen LogP contribution in [0.25, 0.3) is 0 Å². The summed E-state index contributed by atoms with van der Waals surface area (Å²) in [4.78, 5) is 28.0. The van der Waals surface area contributed by atoms with Gasteiger partial charge in [-0.2, -0.15) is 0 Å². The van der Waals surface area contributed by atoms with Crippen molar-refractivity contribution in [2.45, 2.75) is 32.8 Å². The lowest BCUT2D eigenvalue weighted by Gasteiger charge is -2.31. The lowest BCUT2D eigenvalue weighted by molar-refractivity contribution is 0.102. The standard InChI is InChI=1S/C32H34N4O3/c1-21-20-30(22(2)35(21)3)32(39)34-27-10-6-24(7-11-27)31(38)23-4-8-25(9-5-23)33-26-12-14-28(15-13-26)36-18-16-29(37)17-19-36/h4-15,20,29,33,37H,16-19H2,1-3H3,(H,34,39). The van der Waals surface area contributed by atoms with Crippen LogP contribution in [0, 0.1) is 13.8 Å². The van der Waals surface area contributed by atoms with E-state index in [0.717, 1.165) is 54.4 Å². The van der Waals surface area contributed by atoms with Crippen LogP contribution in [0.2, 0.25) is 0 Å². The van der Waals surface area contributed by atoms with Gasteiger partial charge >= 0.3 is 0 Å². The molecule has 7 nitrogen and oxygen atoms in total. The number of ketones is 1. The summed E-state index contributed by atoms with van der Waals surface area (Å²) in [6, 6.07) is 24.5. The first-order chi connectivity index (χ1) is 18.8. The van der Waals surface area contributed by atoms with E-state index in [-0.39, 0.29) is 17.8 Å². The summed E-state index contributed by atoms with van der Waals surface area (Å²) >= 11 is 0. The van der Waals surface area contributed by atoms with Crippen molar-refractivity contribution in [3.8, 4) is 0 Å². The van der Waals surface area contributed by atoms with E-state index in [4.69, 9.17) is 0 Å². The highest BCUT2D eigenvalue weighted by Crippen LogP contribution is 2.25. The first-order valence-corrected chi connectivity index (χ1v) is 13.3. The molecule has 7 heteroatoms. The average molecular weight is 523 g/mol. The zero-order chi connectivity index (χ0) is 27.5. The van der Waals surface area contributed by atoms with Crippen LogP contribution >= 0.6 is 0 Å². The number of piperidine rings is 1. The predicted octanol–water partition coefficient (Wildman–Crippen LogP) is 5.83. The number of aliphatic hydroxyl groups is 1. The van der Waals surface area contributed by atoms with E-state index in [1.165, 1.54) is 0 Å². The molecule has 5 rings (SSSR count). The van der Waals surface area contributed by atoms with E-state index in [2.05, 4.69) is 27.7 Å². The Morgan fingerprint density at radius 2 is 1.31 bits per heavy atom. The van der Waals surface area contributed by atoms with Gasteiger partial charge in [-0.05, 0) is 106 Å². The van der Waals surface area contributed by atoms with Crippen LogP contribution in [0.3, 0.4) is 0 Å². The van der Waals surface area contributed by atoms with Crippen molar-refractivity contribution in [2.24, 2.45) is 7.05 Å². The molecule has 200 valence electrons. The molecule has 1 saturated heterocycles. The van der Waals surface area contributed by atoms with Crippen molar-refractivity contribution in [2.75, 3.05) is 28.6 Å². The third-order valence-corrected chi connectivity index (χ3v) is 7.56. The molecule has 0 aliphatic carbocycles. The molecular formula is C32H34N4O3. The maximum Gasteiger partial charge on any atom is 0.257 e. The number of carbonyl (C=O) groups is 2. The van der Waals surface area contributed by atoms with E-state index in [0.29, 0.717) is 22.4 Å². The second-order valence-electron chi connectivity index (χ2n) is 10.2. The number of aromatic nitrogens is 1. The van der Waals surface area contributed by atoms with Gasteiger partial charge in [-0.15, -0.1) is 0 Å². The van der Waals surface area contributed by atoms with E-state index in [1.807, 2.05) is 67.9 Å². The van der Waals surface area contributed by atoms with Crippen molar-refractivity contribution >= 4 is 34.4 Å². The van der Waals surface area contributed by atoms with Gasteiger partial charge in [0, 0.05) is 65.4 Å². The third-order valence-electron chi connectivity index (χ3n) is 7.56. The Morgan fingerprint density at radius 1 is 0.795 bits per heavy atom. The lowest BCUT2D eigenvalue weighted by Crippen LogP contribution is -2.35. The van der Waals surface area contributed by atoms with Crippen LogP contribution in [0.4, 0.5) is 22.7 Å². The fraction of sp³-hybridized carbons (Fsp3) is 0.250. The van der Waals surface area contributed by atoms with Gasteiger partial charge in [0.05, 0.1) is 11.7 Å². The highest BCUT2D eigenvalue weighted by atomic mass is 16.3. The monoisotopic (exact) mass is 522 g/mol. The SMILES string of the molecule is Cc1cc(C(=O)Nc2ccc(C(=O)c3ccc(Nc4ccc(N5CCC(O)CC5)cc4)cc3)cc2)c(C)n1C. The van der Waals surface area contributed by atoms with Gasteiger partial charge in [0.1, 0.15) is 0 Å². The summed E-state index contributed by atoms with van der Waals surface area (Å²) in [5, 5.41) is 16.0. The Morgan fingerprint density at radius 3 is 1.82 bits per heavy atom. The number of rotatable bonds is 7. The van der Waals surface area contributed by atoms with Gasteiger partial charge in [0.15, 0.2) is 5.78 Å². The molecule has 4 aromatic rings. The minimum absolute atomic E-state index is 0.0787. The molecule has 0 saturated carbocycles. The first kappa shape index (κ1) is 26.3. The van der Waals surface area contributed by atoms with Gasteiger partial charge < -0.3 is 25.2 Å². The van der Waals surface area contributed by atoms with Crippen molar-refractivity contribution < 1.29 is 14.7 Å². The molecule has 0 radical (unpaired) electrons. The molecule has 0 spiro atoms. The summed E-state index contributed by atoms with van der Waals surface area (Å²) < 4.78 is 1.98. The second kappa shape index (κ2) is 11.2. The highest BCUT2D eigenvalue weighted by molar-refractivity contribution is 6.10. The molecule has 3 aromatic carbocycles. The van der Waals surface area contributed by atoms with Crippen LogP contribution in [0.15, 0.2) is 78.9 Å². The second-order valence-corrected chi connectivity index (χ2v) is 10.2. The third kappa shape index (κ3) is 5.89. The van der Waals surface area contributed by atoms with Crippen LogP contribution in [-0.4, -0.2) is 40.6 Å². The predicted molar refractivity (Wildman–Crippen MR) is 156 cm³/mol. The molecule has 1 aliphatic heterocycles. The molecule has 1 fully saturated rings. The summed E-state index contributed by atoms with van der Waals surface area (Å²) in [6.07, 6.45) is 1.43. The molecule has 0 atom stereocenters. The van der Waals surface area contributed by atoms with Gasteiger partial charge in [-0.3, -0.25) is 9.59 Å². The van der Waals surface area contributed by atoms with E-state index in [9.17, 15) is 14.7 Å². The smallest absolute Gasteiger partial charge is 0.257 e. The fourth-order valence-electron chi connectivity index (χ4n) is 4.91. The first-order valence-electron chi connectivity index (χ1n) is 13.3. The highest BCUT2D eigenvalue weighted by Gasteiger charge is 2.17. The maximum atomic E-state index is 13.0. The Bertz CT molecular complexity index is 1460. The number of hydrogen-bond donors (Lipinski definition) is 3. The summed E-state index contributed by atoms with van der Waals surface area (Å²) in [5.74, 6) is -0.246. The van der Waals surface area contributed by atoms with Crippen molar-refractivity contribution in [1.82, 2.24) is 4.57 Å². The quantitative estimate of drug-likeness (QED) is 0.266. The van der Waals surface area contributed by atoms with Gasteiger partial charge in [-0.1, -0.05) is 0 Å². The maximum absolute atomic E-state index is 13.0. The Labute approximate surface area is 229 Å². The Balaban J connectivity index is 1.18.